The molecule has 0 aliphatic rings. The van der Waals surface area contributed by atoms with Crippen LogP contribution in [0.2, 0.25) is 0 Å². The van der Waals surface area contributed by atoms with Crippen LogP contribution in [0.1, 0.15) is 0 Å². The zero-order chi connectivity index (χ0) is 7.44. The van der Waals surface area contributed by atoms with Crippen molar-refractivity contribution in [3.63, 3.8) is 0 Å². The molecule has 3 heteroatoms. The number of rotatable bonds is 3. The third-order valence-electron chi connectivity index (χ3n) is 0.928. The van der Waals surface area contributed by atoms with Crippen LogP contribution in [0.15, 0.2) is 24.8 Å². The van der Waals surface area contributed by atoms with Crippen LogP contribution < -0.4 is 5.73 Å². The number of hydrogen-bond donors (Lipinski definition) is 2. The molecule has 3 N–H and O–H groups in total. The number of aliphatic carboxylic acids is 1. The maximum Gasteiger partial charge on any atom is 0.325 e. The van der Waals surface area contributed by atoms with Crippen molar-refractivity contribution >= 4 is 5.97 Å². The summed E-state index contributed by atoms with van der Waals surface area (Å²) in [6, 6.07) is -1.01. The van der Waals surface area contributed by atoms with Crippen LogP contribution in [-0.2, 0) is 4.79 Å². The Morgan fingerprint density at radius 2 is 2.22 bits per heavy atom. The molecule has 0 spiro atoms. The van der Waals surface area contributed by atoms with E-state index in [4.69, 9.17) is 10.8 Å². The summed E-state index contributed by atoms with van der Waals surface area (Å²) in [4.78, 5) is 10.1. The minimum Gasteiger partial charge on any atom is -0.480 e. The Bertz CT molecular complexity index is 151. The molecule has 1 unspecified atom stereocenters. The molecule has 0 radical (unpaired) electrons. The van der Waals surface area contributed by atoms with Gasteiger partial charge in [-0.05, 0) is 5.57 Å². The average Bonchev–Trinajstić information content (AvgIpc) is 1.84. The first-order valence-corrected chi connectivity index (χ1v) is 2.39. The van der Waals surface area contributed by atoms with Crippen LogP contribution in [-0.4, -0.2) is 17.1 Å². The van der Waals surface area contributed by atoms with E-state index in [0.29, 0.717) is 5.57 Å². The Morgan fingerprint density at radius 1 is 1.78 bits per heavy atom. The summed E-state index contributed by atoms with van der Waals surface area (Å²) < 4.78 is 0. The molecule has 0 aromatic carbocycles. The Balaban J connectivity index is 4.03. The maximum atomic E-state index is 10.1. The summed E-state index contributed by atoms with van der Waals surface area (Å²) in [5.74, 6) is -1.08. The highest BCUT2D eigenvalue weighted by Crippen LogP contribution is 1.95. The molecule has 0 aromatic rings. The molecule has 0 aromatic heterocycles. The van der Waals surface area contributed by atoms with Crippen molar-refractivity contribution in [3.05, 3.63) is 24.8 Å². The molecule has 0 heterocycles. The Morgan fingerprint density at radius 3 is 2.33 bits per heavy atom. The zero-order valence-corrected chi connectivity index (χ0v) is 5.00. The van der Waals surface area contributed by atoms with E-state index in [2.05, 4.69) is 13.2 Å². The highest BCUT2D eigenvalue weighted by Gasteiger charge is 2.11. The van der Waals surface area contributed by atoms with E-state index >= 15 is 0 Å². The Hall–Kier alpha value is -1.09. The first kappa shape index (κ1) is 7.91. The van der Waals surface area contributed by atoms with E-state index < -0.39 is 12.0 Å². The molecule has 0 saturated heterocycles. The molecule has 0 bridgehead atoms. The van der Waals surface area contributed by atoms with Gasteiger partial charge in [0.2, 0.25) is 0 Å². The SMILES string of the molecule is C=CC(=C)C(N)C(=O)O. The van der Waals surface area contributed by atoms with Crippen molar-refractivity contribution in [2.75, 3.05) is 0 Å². The van der Waals surface area contributed by atoms with E-state index in [9.17, 15) is 4.79 Å². The highest BCUT2D eigenvalue weighted by molar-refractivity contribution is 5.77. The highest BCUT2D eigenvalue weighted by atomic mass is 16.4. The standard InChI is InChI=1S/C6H9NO2/c1-3-4(2)5(7)6(8)9/h3,5H,1-2,7H2,(H,8,9). The second-order valence-electron chi connectivity index (χ2n) is 1.59. The Kier molecular flexibility index (Phi) is 2.67. The fraction of sp³-hybridized carbons (Fsp3) is 0.167. The summed E-state index contributed by atoms with van der Waals surface area (Å²) in [5.41, 5.74) is 5.42. The molecule has 0 rings (SSSR count). The molecule has 0 aliphatic carbocycles. The van der Waals surface area contributed by atoms with Crippen molar-refractivity contribution in [3.8, 4) is 0 Å². The number of nitrogens with two attached hydrogens (primary N) is 1. The van der Waals surface area contributed by atoms with E-state index in [-0.39, 0.29) is 0 Å². The van der Waals surface area contributed by atoms with Gasteiger partial charge in [0.1, 0.15) is 6.04 Å². The fourth-order valence-electron chi connectivity index (χ4n) is 0.286. The normalized spacial score (nSPS) is 12.1. The molecule has 0 saturated carbocycles. The molecule has 3 nitrogen and oxygen atoms in total. The molecular formula is C6H9NO2. The smallest absolute Gasteiger partial charge is 0.325 e. The number of carboxylic acid groups (broad SMARTS) is 1. The van der Waals surface area contributed by atoms with Gasteiger partial charge in [-0.15, -0.1) is 0 Å². The van der Waals surface area contributed by atoms with Gasteiger partial charge in [0.15, 0.2) is 0 Å². The van der Waals surface area contributed by atoms with Crippen molar-refractivity contribution in [2.24, 2.45) is 5.73 Å². The predicted octanol–water partition coefficient (Wildman–Crippen LogP) is 0.140. The van der Waals surface area contributed by atoms with Crippen LogP contribution in [0.25, 0.3) is 0 Å². The largest absolute Gasteiger partial charge is 0.480 e. The lowest BCUT2D eigenvalue weighted by molar-refractivity contribution is -0.137. The fourth-order valence-corrected chi connectivity index (χ4v) is 0.286. The third-order valence-corrected chi connectivity index (χ3v) is 0.928. The average molecular weight is 127 g/mol. The predicted molar refractivity (Wildman–Crippen MR) is 34.9 cm³/mol. The number of carbonyl (C=O) groups is 1. The molecule has 0 fully saturated rings. The lowest BCUT2D eigenvalue weighted by atomic mass is 10.1. The quantitative estimate of drug-likeness (QED) is 0.530. The monoisotopic (exact) mass is 127 g/mol. The van der Waals surface area contributed by atoms with Gasteiger partial charge >= 0.3 is 5.97 Å². The summed E-state index contributed by atoms with van der Waals surface area (Å²) in [6.45, 7) is 6.69. The van der Waals surface area contributed by atoms with Crippen LogP contribution in [0.4, 0.5) is 0 Å². The van der Waals surface area contributed by atoms with Gasteiger partial charge < -0.3 is 10.8 Å². The lowest BCUT2D eigenvalue weighted by Crippen LogP contribution is -2.30. The number of carboxylic acids is 1. The van der Waals surface area contributed by atoms with E-state index in [1.807, 2.05) is 0 Å². The van der Waals surface area contributed by atoms with Crippen molar-refractivity contribution in [2.45, 2.75) is 6.04 Å². The second-order valence-corrected chi connectivity index (χ2v) is 1.59. The third kappa shape index (κ3) is 2.10. The molecule has 0 amide bonds. The first-order valence-electron chi connectivity index (χ1n) is 2.39. The van der Waals surface area contributed by atoms with Gasteiger partial charge in [-0.2, -0.15) is 0 Å². The van der Waals surface area contributed by atoms with Gasteiger partial charge in [0.05, 0.1) is 0 Å². The summed E-state index contributed by atoms with van der Waals surface area (Å²) in [7, 11) is 0. The molecule has 0 aliphatic heterocycles. The van der Waals surface area contributed by atoms with Gasteiger partial charge in [0.25, 0.3) is 0 Å². The van der Waals surface area contributed by atoms with Gasteiger partial charge in [0, 0.05) is 0 Å². The van der Waals surface area contributed by atoms with Crippen molar-refractivity contribution in [1.82, 2.24) is 0 Å². The van der Waals surface area contributed by atoms with E-state index in [1.54, 1.807) is 0 Å². The van der Waals surface area contributed by atoms with Crippen molar-refractivity contribution in [1.29, 1.82) is 0 Å². The maximum absolute atomic E-state index is 10.1. The molecule has 9 heavy (non-hydrogen) atoms. The van der Waals surface area contributed by atoms with Crippen LogP contribution in [0.3, 0.4) is 0 Å². The first-order chi connectivity index (χ1) is 4.09. The molecular weight excluding hydrogens is 118 g/mol. The number of hydrogen-bond acceptors (Lipinski definition) is 2. The zero-order valence-electron chi connectivity index (χ0n) is 5.00. The van der Waals surface area contributed by atoms with Gasteiger partial charge in [-0.1, -0.05) is 19.2 Å². The van der Waals surface area contributed by atoms with E-state index in [1.165, 1.54) is 6.08 Å². The molecule has 1 atom stereocenters. The lowest BCUT2D eigenvalue weighted by Gasteiger charge is -2.03. The van der Waals surface area contributed by atoms with E-state index in [0.717, 1.165) is 0 Å². The van der Waals surface area contributed by atoms with Gasteiger partial charge in [-0.3, -0.25) is 4.79 Å². The summed E-state index contributed by atoms with van der Waals surface area (Å²) in [5, 5.41) is 8.25. The van der Waals surface area contributed by atoms with Crippen LogP contribution in [0, 0.1) is 0 Å². The molecule has 50 valence electrons. The van der Waals surface area contributed by atoms with Gasteiger partial charge in [-0.25, -0.2) is 0 Å². The van der Waals surface area contributed by atoms with Crippen molar-refractivity contribution < 1.29 is 9.90 Å². The minimum absolute atomic E-state index is 0.322. The summed E-state index contributed by atoms with van der Waals surface area (Å²) >= 11 is 0. The Labute approximate surface area is 53.5 Å². The summed E-state index contributed by atoms with van der Waals surface area (Å²) in [6.07, 6.45) is 1.33. The minimum atomic E-state index is -1.08. The second kappa shape index (κ2) is 3.04. The topological polar surface area (TPSA) is 63.3 Å². The van der Waals surface area contributed by atoms with Crippen LogP contribution >= 0.6 is 0 Å². The van der Waals surface area contributed by atoms with Crippen LogP contribution in [0.5, 0.6) is 0 Å².